The first-order valence-electron chi connectivity index (χ1n) is 10.8. The van der Waals surface area contributed by atoms with Crippen molar-refractivity contribution in [2.75, 3.05) is 39.4 Å². The van der Waals surface area contributed by atoms with Crippen LogP contribution in [0, 0.1) is 0 Å². The minimum Gasteiger partial charge on any atom is -0.382 e. The average Bonchev–Trinajstić information content (AvgIpc) is 2.84. The van der Waals surface area contributed by atoms with Crippen molar-refractivity contribution in [3.63, 3.8) is 0 Å². The lowest BCUT2D eigenvalue weighted by Gasteiger charge is -2.38. The van der Waals surface area contributed by atoms with Gasteiger partial charge in [-0.1, -0.05) is 36.4 Å². The maximum Gasteiger partial charge on any atom is 0.243 e. The normalized spacial score (nSPS) is 18.2. The maximum atomic E-state index is 13.3. The molecule has 180 valence electrons. The molecule has 0 spiro atoms. The van der Waals surface area contributed by atoms with Gasteiger partial charge in [-0.2, -0.15) is 8.61 Å². The van der Waals surface area contributed by atoms with E-state index in [1.54, 1.807) is 36.4 Å². The molecule has 0 bridgehead atoms. The van der Waals surface area contributed by atoms with E-state index in [1.165, 1.54) is 28.6 Å². The fraction of sp³-hybridized carbons (Fsp3) is 0.409. The second-order valence-corrected chi connectivity index (χ2v) is 11.3. The van der Waals surface area contributed by atoms with Crippen LogP contribution in [0.1, 0.15) is 13.3 Å². The number of nitrogens with one attached hydrogen (secondary N) is 1. The van der Waals surface area contributed by atoms with Crippen molar-refractivity contribution in [1.29, 1.82) is 0 Å². The number of piperazine rings is 1. The van der Waals surface area contributed by atoms with Gasteiger partial charge in [-0.05, 0) is 37.6 Å². The Labute approximate surface area is 195 Å². The number of hydrogen-bond acceptors (Lipinski definition) is 6. The summed E-state index contributed by atoms with van der Waals surface area (Å²) in [5, 5.41) is 2.73. The van der Waals surface area contributed by atoms with Crippen LogP contribution in [0.15, 0.2) is 70.5 Å². The highest BCUT2D eigenvalue weighted by Crippen LogP contribution is 2.25. The number of amides is 1. The zero-order chi connectivity index (χ0) is 23.9. The molecular formula is C22H29N3O6S2. The molecule has 1 atom stereocenters. The van der Waals surface area contributed by atoms with Gasteiger partial charge in [0.1, 0.15) is 6.04 Å². The van der Waals surface area contributed by atoms with Crippen LogP contribution in [0.5, 0.6) is 0 Å². The molecule has 0 aliphatic carbocycles. The topological polar surface area (TPSA) is 113 Å². The Kier molecular flexibility index (Phi) is 8.60. The van der Waals surface area contributed by atoms with Gasteiger partial charge >= 0.3 is 0 Å². The van der Waals surface area contributed by atoms with Crippen LogP contribution in [0.3, 0.4) is 0 Å². The van der Waals surface area contributed by atoms with Gasteiger partial charge in [-0.3, -0.25) is 4.79 Å². The Hall–Kier alpha value is -2.31. The van der Waals surface area contributed by atoms with E-state index in [1.807, 2.05) is 6.92 Å². The fourth-order valence-corrected chi connectivity index (χ4v) is 6.63. The van der Waals surface area contributed by atoms with Crippen LogP contribution >= 0.6 is 0 Å². The molecule has 3 rings (SSSR count). The van der Waals surface area contributed by atoms with Crippen molar-refractivity contribution < 1.29 is 26.4 Å². The molecule has 33 heavy (non-hydrogen) atoms. The van der Waals surface area contributed by atoms with Crippen molar-refractivity contribution in [2.45, 2.75) is 29.2 Å². The first-order valence-corrected chi connectivity index (χ1v) is 13.6. The molecule has 1 aliphatic heterocycles. The molecule has 1 N–H and O–H groups in total. The average molecular weight is 496 g/mol. The molecule has 0 saturated carbocycles. The molecule has 1 amide bonds. The Morgan fingerprint density at radius 2 is 1.52 bits per heavy atom. The molecule has 1 aliphatic rings. The lowest BCUT2D eigenvalue weighted by Crippen LogP contribution is -2.61. The fourth-order valence-electron chi connectivity index (χ4n) is 3.58. The van der Waals surface area contributed by atoms with Crippen molar-refractivity contribution in [1.82, 2.24) is 13.9 Å². The number of hydrogen-bond donors (Lipinski definition) is 1. The molecule has 1 unspecified atom stereocenters. The first-order chi connectivity index (χ1) is 15.8. The molecule has 1 fully saturated rings. The number of benzene rings is 2. The Balaban J connectivity index is 1.85. The van der Waals surface area contributed by atoms with Crippen LogP contribution in [0.25, 0.3) is 0 Å². The van der Waals surface area contributed by atoms with Crippen molar-refractivity contribution in [2.24, 2.45) is 0 Å². The smallest absolute Gasteiger partial charge is 0.243 e. The van der Waals surface area contributed by atoms with Crippen LogP contribution in [-0.2, 0) is 29.6 Å². The number of nitrogens with zero attached hydrogens (tertiary/aromatic N) is 2. The largest absolute Gasteiger partial charge is 0.382 e. The summed E-state index contributed by atoms with van der Waals surface area (Å²) in [7, 11) is -7.89. The zero-order valence-corrected chi connectivity index (χ0v) is 20.1. The predicted molar refractivity (Wildman–Crippen MR) is 123 cm³/mol. The Morgan fingerprint density at radius 3 is 2.09 bits per heavy atom. The molecule has 11 heteroatoms. The highest BCUT2D eigenvalue weighted by molar-refractivity contribution is 7.89. The van der Waals surface area contributed by atoms with E-state index < -0.39 is 32.0 Å². The summed E-state index contributed by atoms with van der Waals surface area (Å²) in [6.07, 6.45) is 0.559. The Morgan fingerprint density at radius 1 is 0.939 bits per heavy atom. The number of rotatable bonds is 10. The SMILES string of the molecule is CCOCCCNC(=O)C1CN(S(=O)(=O)c2ccccc2)CCN1S(=O)(=O)c1ccccc1. The summed E-state index contributed by atoms with van der Waals surface area (Å²) in [4.78, 5) is 13.2. The Bertz CT molecular complexity index is 1130. The molecule has 2 aromatic carbocycles. The maximum absolute atomic E-state index is 13.3. The highest BCUT2D eigenvalue weighted by Gasteiger charge is 2.43. The zero-order valence-electron chi connectivity index (χ0n) is 18.5. The third-order valence-corrected chi connectivity index (χ3v) is 9.10. The van der Waals surface area contributed by atoms with Gasteiger partial charge in [0.25, 0.3) is 0 Å². The van der Waals surface area contributed by atoms with Crippen LogP contribution in [-0.4, -0.2) is 76.8 Å². The molecule has 0 radical (unpaired) electrons. The van der Waals surface area contributed by atoms with E-state index in [9.17, 15) is 21.6 Å². The van der Waals surface area contributed by atoms with Crippen molar-refractivity contribution in [3.8, 4) is 0 Å². The van der Waals surface area contributed by atoms with Crippen molar-refractivity contribution >= 4 is 26.0 Å². The summed E-state index contributed by atoms with van der Waals surface area (Å²) >= 11 is 0. The monoisotopic (exact) mass is 495 g/mol. The van der Waals surface area contributed by atoms with E-state index in [2.05, 4.69) is 5.32 Å². The van der Waals surface area contributed by atoms with Crippen LogP contribution in [0.4, 0.5) is 0 Å². The van der Waals surface area contributed by atoms with Gasteiger partial charge in [0.2, 0.25) is 26.0 Å². The van der Waals surface area contributed by atoms with E-state index in [4.69, 9.17) is 4.74 Å². The summed E-state index contributed by atoms with van der Waals surface area (Å²) in [6, 6.07) is 14.5. The van der Waals surface area contributed by atoms with E-state index in [0.717, 1.165) is 4.31 Å². The predicted octanol–water partition coefficient (Wildman–Crippen LogP) is 1.29. The molecule has 2 aromatic rings. The third kappa shape index (κ3) is 5.98. The number of carbonyl (C=O) groups excluding carboxylic acids is 1. The summed E-state index contributed by atoms with van der Waals surface area (Å²) < 4.78 is 60.4. The van der Waals surface area contributed by atoms with E-state index in [-0.39, 0.29) is 29.4 Å². The highest BCUT2D eigenvalue weighted by atomic mass is 32.2. The number of sulfonamides is 2. The van der Waals surface area contributed by atoms with Gasteiger partial charge in [0.15, 0.2) is 0 Å². The standard InChI is InChI=1S/C22H29N3O6S2/c1-2-31-17-9-14-23-22(26)21-18-24(32(27,28)19-10-5-3-6-11-19)15-16-25(21)33(29,30)20-12-7-4-8-13-20/h3-8,10-13,21H,2,9,14-18H2,1H3,(H,23,26). The van der Waals surface area contributed by atoms with E-state index in [0.29, 0.717) is 26.2 Å². The van der Waals surface area contributed by atoms with Gasteiger partial charge in [-0.25, -0.2) is 16.8 Å². The third-order valence-electron chi connectivity index (χ3n) is 5.30. The molecule has 1 saturated heterocycles. The molecular weight excluding hydrogens is 466 g/mol. The number of carbonyl (C=O) groups is 1. The summed E-state index contributed by atoms with van der Waals surface area (Å²) in [5.74, 6) is -0.543. The molecule has 1 heterocycles. The second-order valence-electron chi connectivity index (χ2n) is 7.46. The van der Waals surface area contributed by atoms with Gasteiger partial charge < -0.3 is 10.1 Å². The summed E-state index contributed by atoms with van der Waals surface area (Å²) in [5.41, 5.74) is 0. The molecule has 0 aromatic heterocycles. The lowest BCUT2D eigenvalue weighted by atomic mass is 10.2. The minimum absolute atomic E-state index is 0.0542. The van der Waals surface area contributed by atoms with E-state index >= 15 is 0 Å². The second kappa shape index (κ2) is 11.2. The molecule has 9 nitrogen and oxygen atoms in total. The van der Waals surface area contributed by atoms with Crippen molar-refractivity contribution in [3.05, 3.63) is 60.7 Å². The minimum atomic E-state index is -4.00. The first kappa shape index (κ1) is 25.3. The number of ether oxygens (including phenoxy) is 1. The lowest BCUT2D eigenvalue weighted by molar-refractivity contribution is -0.125. The quantitative estimate of drug-likeness (QED) is 0.497. The van der Waals surface area contributed by atoms with Crippen LogP contribution < -0.4 is 5.32 Å². The van der Waals surface area contributed by atoms with Gasteiger partial charge in [0.05, 0.1) is 9.79 Å². The van der Waals surface area contributed by atoms with Crippen LogP contribution in [0.2, 0.25) is 0 Å². The van der Waals surface area contributed by atoms with Gasteiger partial charge in [0, 0.05) is 39.4 Å². The van der Waals surface area contributed by atoms with Gasteiger partial charge in [-0.15, -0.1) is 0 Å². The summed E-state index contributed by atoms with van der Waals surface area (Å²) in [6.45, 7) is 2.71.